The molecule has 5 nitrogen and oxygen atoms in total. The van der Waals surface area contributed by atoms with E-state index in [1.54, 1.807) is 28.9 Å². The summed E-state index contributed by atoms with van der Waals surface area (Å²) in [7, 11) is 0. The zero-order valence-electron chi connectivity index (χ0n) is 7.66. The van der Waals surface area contributed by atoms with Crippen molar-refractivity contribution in [1.82, 2.24) is 19.8 Å². The molecule has 1 aromatic carbocycles. The fourth-order valence-electron chi connectivity index (χ4n) is 1.54. The van der Waals surface area contributed by atoms with Gasteiger partial charge < -0.3 is 0 Å². The number of hydrogen-bond acceptors (Lipinski definition) is 4. The second kappa shape index (κ2) is 2.84. The number of nitrogens with zero attached hydrogens (tertiary/aromatic N) is 4. The number of fused-ring (bicyclic) bond motifs is 3. The van der Waals surface area contributed by atoms with Gasteiger partial charge in [-0.3, -0.25) is 4.79 Å². The quantitative estimate of drug-likeness (QED) is 0.549. The molecule has 0 atom stereocenters. The maximum absolute atomic E-state index is 10.6. The Hall–Kier alpha value is -2.30. The average molecular weight is 198 g/mol. The molecule has 0 radical (unpaired) electrons. The summed E-state index contributed by atoms with van der Waals surface area (Å²) in [5, 5.41) is 12.1. The molecule has 0 saturated heterocycles. The third kappa shape index (κ3) is 1.10. The highest BCUT2D eigenvalue weighted by molar-refractivity contribution is 5.85. The lowest BCUT2D eigenvalue weighted by molar-refractivity contribution is 0.112. The molecule has 2 heterocycles. The van der Waals surface area contributed by atoms with E-state index in [0.717, 1.165) is 11.8 Å². The van der Waals surface area contributed by atoms with Crippen molar-refractivity contribution in [3.63, 3.8) is 0 Å². The fourth-order valence-corrected chi connectivity index (χ4v) is 1.54. The number of rotatable bonds is 1. The first-order chi connectivity index (χ1) is 7.38. The van der Waals surface area contributed by atoms with Crippen molar-refractivity contribution in [2.24, 2.45) is 0 Å². The molecule has 0 fully saturated rings. The number of aldehydes is 1. The SMILES string of the molecule is O=Cc1ccc2c(c1)nnc1ccnn12. The molecule has 2 aromatic heterocycles. The van der Waals surface area contributed by atoms with Crippen LogP contribution in [0.4, 0.5) is 0 Å². The van der Waals surface area contributed by atoms with Crippen LogP contribution in [0.1, 0.15) is 10.4 Å². The second-order valence-electron chi connectivity index (χ2n) is 3.17. The van der Waals surface area contributed by atoms with Crippen LogP contribution in [0.2, 0.25) is 0 Å². The summed E-state index contributed by atoms with van der Waals surface area (Å²) >= 11 is 0. The van der Waals surface area contributed by atoms with Crippen LogP contribution < -0.4 is 0 Å². The molecule has 72 valence electrons. The Morgan fingerprint density at radius 1 is 1.20 bits per heavy atom. The van der Waals surface area contributed by atoms with Gasteiger partial charge in [0.1, 0.15) is 11.8 Å². The van der Waals surface area contributed by atoms with Gasteiger partial charge in [-0.25, -0.2) is 4.52 Å². The summed E-state index contributed by atoms with van der Waals surface area (Å²) in [6.07, 6.45) is 2.45. The molecular formula is C10H6N4O. The van der Waals surface area contributed by atoms with Gasteiger partial charge in [-0.15, -0.1) is 10.2 Å². The summed E-state index contributed by atoms with van der Waals surface area (Å²) < 4.78 is 1.69. The van der Waals surface area contributed by atoms with Gasteiger partial charge >= 0.3 is 0 Å². The van der Waals surface area contributed by atoms with Crippen LogP contribution in [0.3, 0.4) is 0 Å². The first kappa shape index (κ1) is 8.05. The Balaban J connectivity index is 2.48. The highest BCUT2D eigenvalue weighted by Gasteiger charge is 2.03. The van der Waals surface area contributed by atoms with Gasteiger partial charge in [-0.05, 0) is 18.2 Å². The van der Waals surface area contributed by atoms with Crippen molar-refractivity contribution < 1.29 is 4.79 Å². The monoisotopic (exact) mass is 198 g/mol. The van der Waals surface area contributed by atoms with E-state index in [2.05, 4.69) is 15.3 Å². The minimum absolute atomic E-state index is 0.586. The van der Waals surface area contributed by atoms with Gasteiger partial charge in [0.25, 0.3) is 0 Å². The van der Waals surface area contributed by atoms with E-state index in [4.69, 9.17) is 0 Å². The van der Waals surface area contributed by atoms with Crippen LogP contribution >= 0.6 is 0 Å². The molecule has 0 aliphatic heterocycles. The van der Waals surface area contributed by atoms with Crippen molar-refractivity contribution >= 4 is 23.0 Å². The van der Waals surface area contributed by atoms with E-state index in [-0.39, 0.29) is 0 Å². The summed E-state index contributed by atoms with van der Waals surface area (Å²) in [6.45, 7) is 0. The lowest BCUT2D eigenvalue weighted by Crippen LogP contribution is -1.96. The minimum Gasteiger partial charge on any atom is -0.298 e. The lowest BCUT2D eigenvalue weighted by atomic mass is 10.2. The van der Waals surface area contributed by atoms with Gasteiger partial charge in [-0.2, -0.15) is 5.10 Å². The normalized spacial score (nSPS) is 10.9. The second-order valence-corrected chi connectivity index (χ2v) is 3.17. The molecule has 0 N–H and O–H groups in total. The predicted molar refractivity (Wildman–Crippen MR) is 53.7 cm³/mol. The van der Waals surface area contributed by atoms with Crippen LogP contribution in [0.15, 0.2) is 30.5 Å². The van der Waals surface area contributed by atoms with Crippen LogP contribution in [-0.2, 0) is 0 Å². The zero-order valence-corrected chi connectivity index (χ0v) is 7.66. The molecule has 0 spiro atoms. The van der Waals surface area contributed by atoms with Crippen LogP contribution in [0.25, 0.3) is 16.7 Å². The van der Waals surface area contributed by atoms with E-state index in [1.165, 1.54) is 0 Å². The topological polar surface area (TPSA) is 60.2 Å². The summed E-state index contributed by atoms with van der Waals surface area (Å²) in [5.41, 5.74) is 2.79. The summed E-state index contributed by atoms with van der Waals surface area (Å²) in [6, 6.07) is 7.02. The fraction of sp³-hybridized carbons (Fsp3) is 0. The third-order valence-electron chi connectivity index (χ3n) is 2.25. The van der Waals surface area contributed by atoms with Crippen molar-refractivity contribution in [2.45, 2.75) is 0 Å². The van der Waals surface area contributed by atoms with E-state index in [9.17, 15) is 4.79 Å². The van der Waals surface area contributed by atoms with Gasteiger partial charge in [0, 0.05) is 11.6 Å². The lowest BCUT2D eigenvalue weighted by Gasteiger charge is -1.99. The largest absolute Gasteiger partial charge is 0.298 e. The zero-order chi connectivity index (χ0) is 10.3. The van der Waals surface area contributed by atoms with Gasteiger partial charge in [0.05, 0.1) is 11.7 Å². The van der Waals surface area contributed by atoms with Crippen LogP contribution in [0.5, 0.6) is 0 Å². The Morgan fingerprint density at radius 3 is 3.00 bits per heavy atom. The number of hydrogen-bond donors (Lipinski definition) is 0. The van der Waals surface area contributed by atoms with E-state index >= 15 is 0 Å². The molecule has 0 aliphatic rings. The number of carbonyl (C=O) groups is 1. The van der Waals surface area contributed by atoms with Crippen molar-refractivity contribution in [3.8, 4) is 0 Å². The molecule has 3 aromatic rings. The van der Waals surface area contributed by atoms with Gasteiger partial charge in [0.15, 0.2) is 5.65 Å². The number of benzene rings is 1. The van der Waals surface area contributed by atoms with Crippen LogP contribution in [0, 0.1) is 0 Å². The first-order valence-corrected chi connectivity index (χ1v) is 4.44. The number of carbonyl (C=O) groups excluding carboxylic acids is 1. The van der Waals surface area contributed by atoms with Crippen molar-refractivity contribution in [3.05, 3.63) is 36.0 Å². The Bertz CT molecular complexity index is 659. The molecule has 0 amide bonds. The molecule has 15 heavy (non-hydrogen) atoms. The first-order valence-electron chi connectivity index (χ1n) is 4.44. The van der Waals surface area contributed by atoms with E-state index in [1.807, 2.05) is 6.07 Å². The minimum atomic E-state index is 0.586. The van der Waals surface area contributed by atoms with Gasteiger partial charge in [-0.1, -0.05) is 0 Å². The highest BCUT2D eigenvalue weighted by atomic mass is 16.1. The molecular weight excluding hydrogens is 192 g/mol. The molecule has 0 aliphatic carbocycles. The summed E-state index contributed by atoms with van der Waals surface area (Å²) in [5.74, 6) is 0. The van der Waals surface area contributed by atoms with Crippen molar-refractivity contribution in [1.29, 1.82) is 0 Å². The molecule has 0 saturated carbocycles. The number of aromatic nitrogens is 4. The molecule has 0 bridgehead atoms. The van der Waals surface area contributed by atoms with E-state index < -0.39 is 0 Å². The predicted octanol–water partition coefficient (Wildman–Crippen LogP) is 1.09. The third-order valence-corrected chi connectivity index (χ3v) is 2.25. The highest BCUT2D eigenvalue weighted by Crippen LogP contribution is 2.12. The molecule has 5 heteroatoms. The standard InChI is InChI=1S/C10H6N4O/c15-6-7-1-2-9-8(5-7)12-13-10-3-4-11-14(9)10/h1-6H. The maximum atomic E-state index is 10.6. The van der Waals surface area contributed by atoms with Gasteiger partial charge in [0.2, 0.25) is 0 Å². The Kier molecular flexibility index (Phi) is 1.53. The molecule has 3 rings (SSSR count). The Labute approximate surface area is 84.4 Å². The van der Waals surface area contributed by atoms with Crippen LogP contribution in [-0.4, -0.2) is 26.1 Å². The molecule has 0 unspecified atom stereocenters. The van der Waals surface area contributed by atoms with E-state index in [0.29, 0.717) is 16.7 Å². The summed E-state index contributed by atoms with van der Waals surface area (Å²) in [4.78, 5) is 10.6. The average Bonchev–Trinajstić information content (AvgIpc) is 2.76. The smallest absolute Gasteiger partial charge is 0.177 e. The maximum Gasteiger partial charge on any atom is 0.177 e. The van der Waals surface area contributed by atoms with Crippen molar-refractivity contribution in [2.75, 3.05) is 0 Å². The Morgan fingerprint density at radius 2 is 2.13 bits per heavy atom.